The summed E-state index contributed by atoms with van der Waals surface area (Å²) in [5.41, 5.74) is 9.65. The van der Waals surface area contributed by atoms with Gasteiger partial charge in [-0.25, -0.2) is 9.37 Å². The Balaban J connectivity index is 1.94. The number of amides is 1. The van der Waals surface area contributed by atoms with Gasteiger partial charge in [0.2, 0.25) is 0 Å². The van der Waals surface area contributed by atoms with Crippen molar-refractivity contribution in [3.63, 3.8) is 0 Å². The number of methoxy groups -OCH3 is 1. The summed E-state index contributed by atoms with van der Waals surface area (Å²) in [6.45, 7) is 0. The van der Waals surface area contributed by atoms with Crippen LogP contribution >= 0.6 is 30.3 Å². The average Bonchev–Trinajstić information content (AvgIpc) is 3.18. The van der Waals surface area contributed by atoms with Crippen LogP contribution in [0.5, 0.6) is 5.75 Å². The number of hydrogen-bond acceptors (Lipinski definition) is 5. The van der Waals surface area contributed by atoms with Crippen molar-refractivity contribution in [2.45, 2.75) is 0 Å². The second-order valence-electron chi connectivity index (χ2n) is 7.35. The predicted molar refractivity (Wildman–Crippen MR) is 137 cm³/mol. The maximum atomic E-state index is 14.6. The Morgan fingerprint density at radius 3 is 2.62 bits per heavy atom. The van der Waals surface area contributed by atoms with Gasteiger partial charge in [-0.05, 0) is 29.8 Å². The van der Waals surface area contributed by atoms with Crippen LogP contribution in [0.15, 0.2) is 54.9 Å². The minimum absolute atomic E-state index is 0.121. The van der Waals surface area contributed by atoms with Crippen LogP contribution in [0.25, 0.3) is 33.3 Å². The minimum Gasteiger partial charge on any atom is -0.496 e. The lowest BCUT2D eigenvalue weighted by Crippen LogP contribution is -2.23. The van der Waals surface area contributed by atoms with Crippen LogP contribution in [0.4, 0.5) is 10.1 Å². The number of nitrogens with zero attached hydrogens (tertiary/aromatic N) is 3. The molecule has 32 heavy (non-hydrogen) atoms. The van der Waals surface area contributed by atoms with Gasteiger partial charge in [0.15, 0.2) is 5.65 Å². The van der Waals surface area contributed by atoms with Gasteiger partial charge in [-0.2, -0.15) is 0 Å². The quantitative estimate of drug-likeness (QED) is 0.252. The Bertz CT molecular complexity index is 1340. The van der Waals surface area contributed by atoms with Crippen molar-refractivity contribution in [3.8, 4) is 28.0 Å². The summed E-state index contributed by atoms with van der Waals surface area (Å²) in [5.74, 6) is -0.259. The number of carbonyl (C=O) groups excluding carboxylic acids is 1. The summed E-state index contributed by atoms with van der Waals surface area (Å²) >= 11 is 2.20. The van der Waals surface area contributed by atoms with E-state index in [-0.39, 0.29) is 17.2 Å². The van der Waals surface area contributed by atoms with E-state index in [0.29, 0.717) is 11.1 Å². The molecule has 0 saturated heterocycles. The zero-order chi connectivity index (χ0) is 23.0. The molecule has 9 heteroatoms. The number of benzene rings is 2. The molecule has 0 aliphatic rings. The topological polar surface area (TPSA) is 73.4 Å². The zero-order valence-corrected chi connectivity index (χ0v) is 20.6. The van der Waals surface area contributed by atoms with E-state index in [9.17, 15) is 9.18 Å². The molecule has 0 fully saturated rings. The second-order valence-corrected chi connectivity index (χ2v) is 9.07. The molecule has 6 nitrogen and oxygen atoms in total. The lowest BCUT2D eigenvalue weighted by atomic mass is 9.99. The van der Waals surface area contributed by atoms with Crippen LogP contribution in [-0.4, -0.2) is 41.0 Å². The fraction of sp³-hybridized carbons (Fsp3) is 0.130. The SMILES string of the molecule is COc1ccccc1-c1cn(SI)c2ncc(-c3cc(F)c(N)c(C(=O)N(C)C)c3)cc12. The average molecular weight is 562 g/mol. The fourth-order valence-corrected chi connectivity index (χ4v) is 4.83. The third-order valence-electron chi connectivity index (χ3n) is 5.18. The molecule has 0 bridgehead atoms. The third-order valence-corrected chi connectivity index (χ3v) is 6.88. The van der Waals surface area contributed by atoms with E-state index in [1.165, 1.54) is 20.1 Å². The molecule has 0 aliphatic carbocycles. The van der Waals surface area contributed by atoms with Crippen molar-refractivity contribution >= 4 is 53.0 Å². The second kappa shape index (κ2) is 8.99. The van der Waals surface area contributed by atoms with E-state index >= 15 is 0 Å². The van der Waals surface area contributed by atoms with Crippen LogP contribution in [0.2, 0.25) is 0 Å². The van der Waals surface area contributed by atoms with Gasteiger partial charge in [0.25, 0.3) is 5.91 Å². The van der Waals surface area contributed by atoms with E-state index in [1.807, 2.05) is 40.5 Å². The molecule has 0 unspecified atom stereocenters. The number of nitrogen functional groups attached to an aromatic ring is 1. The zero-order valence-electron chi connectivity index (χ0n) is 17.6. The van der Waals surface area contributed by atoms with Crippen LogP contribution in [0, 0.1) is 5.82 Å². The monoisotopic (exact) mass is 562 g/mol. The fourth-order valence-electron chi connectivity index (χ4n) is 3.57. The molecule has 2 heterocycles. The Hall–Kier alpha value is -2.79. The van der Waals surface area contributed by atoms with Crippen molar-refractivity contribution in [2.24, 2.45) is 0 Å². The van der Waals surface area contributed by atoms with Gasteiger partial charge in [-0.3, -0.25) is 8.77 Å². The van der Waals surface area contributed by atoms with Crippen molar-refractivity contribution in [1.82, 2.24) is 13.9 Å². The molecule has 2 N–H and O–H groups in total. The number of para-hydroxylation sites is 1. The molecule has 2 aromatic carbocycles. The van der Waals surface area contributed by atoms with Gasteiger partial charge < -0.3 is 15.4 Å². The Morgan fingerprint density at radius 2 is 1.94 bits per heavy atom. The highest BCUT2D eigenvalue weighted by Gasteiger charge is 2.19. The minimum atomic E-state index is -0.641. The van der Waals surface area contributed by atoms with Gasteiger partial charge in [0, 0.05) is 78.9 Å². The normalized spacial score (nSPS) is 11.0. The van der Waals surface area contributed by atoms with Gasteiger partial charge in [-0.15, -0.1) is 0 Å². The van der Waals surface area contributed by atoms with Crippen LogP contribution in [-0.2, 0) is 0 Å². The molecule has 1 amide bonds. The molecule has 0 saturated carbocycles. The number of carbonyl (C=O) groups is 1. The van der Waals surface area contributed by atoms with E-state index in [1.54, 1.807) is 33.5 Å². The van der Waals surface area contributed by atoms with Crippen LogP contribution < -0.4 is 10.5 Å². The van der Waals surface area contributed by atoms with Crippen molar-refractivity contribution in [1.29, 1.82) is 0 Å². The van der Waals surface area contributed by atoms with Crippen molar-refractivity contribution in [3.05, 3.63) is 66.2 Å². The summed E-state index contributed by atoms with van der Waals surface area (Å²) in [4.78, 5) is 18.5. The molecule has 4 rings (SSSR count). The van der Waals surface area contributed by atoms with Gasteiger partial charge in [0.1, 0.15) is 11.6 Å². The summed E-state index contributed by atoms with van der Waals surface area (Å²) in [6, 6.07) is 12.6. The highest BCUT2D eigenvalue weighted by atomic mass is 127. The maximum Gasteiger partial charge on any atom is 0.255 e. The van der Waals surface area contributed by atoms with Gasteiger partial charge >= 0.3 is 0 Å². The molecular formula is C23H20FIN4O2S. The van der Waals surface area contributed by atoms with E-state index < -0.39 is 5.82 Å². The highest BCUT2D eigenvalue weighted by molar-refractivity contribution is 14.2. The van der Waals surface area contributed by atoms with Gasteiger partial charge in [-0.1, -0.05) is 18.2 Å². The van der Waals surface area contributed by atoms with E-state index in [4.69, 9.17) is 10.5 Å². The molecule has 164 valence electrons. The van der Waals surface area contributed by atoms with Crippen molar-refractivity contribution in [2.75, 3.05) is 26.9 Å². The number of ether oxygens (including phenoxy) is 1. The Labute approximate surface area is 201 Å². The molecule has 0 atom stereocenters. The first-order valence-corrected chi connectivity index (χ1v) is 12.9. The molecule has 4 aromatic rings. The molecular weight excluding hydrogens is 542 g/mol. The van der Waals surface area contributed by atoms with Gasteiger partial charge in [0.05, 0.1) is 18.4 Å². The lowest BCUT2D eigenvalue weighted by Gasteiger charge is -2.14. The number of pyridine rings is 1. The molecule has 0 spiro atoms. The first kappa shape index (κ1) is 22.4. The number of aromatic nitrogens is 2. The first-order valence-electron chi connectivity index (χ1n) is 9.60. The Morgan fingerprint density at radius 1 is 1.19 bits per heavy atom. The number of halogens is 2. The molecule has 0 radical (unpaired) electrons. The van der Waals surface area contributed by atoms with Crippen LogP contribution in [0.1, 0.15) is 10.4 Å². The molecule has 2 aromatic heterocycles. The van der Waals surface area contributed by atoms with Crippen molar-refractivity contribution < 1.29 is 13.9 Å². The number of anilines is 1. The predicted octanol–water partition coefficient (Wildman–Crippen LogP) is 5.65. The third kappa shape index (κ3) is 3.90. The number of fused-ring (bicyclic) bond motifs is 1. The standard InChI is InChI=1S/C23H20FIN4O2S/c1-28(2)23(30)17-8-13(10-19(24)21(17)26)14-9-16-18(12-29(32-25)22(16)27-11-14)15-6-4-5-7-20(15)31-3/h4-12H,26H2,1-3H3. The Kier molecular flexibility index (Phi) is 6.29. The number of hydrogen-bond donors (Lipinski definition) is 1. The van der Waals surface area contributed by atoms with E-state index in [2.05, 4.69) is 26.2 Å². The van der Waals surface area contributed by atoms with E-state index in [0.717, 1.165) is 27.9 Å². The first-order chi connectivity index (χ1) is 15.3. The largest absolute Gasteiger partial charge is 0.496 e. The summed E-state index contributed by atoms with van der Waals surface area (Å²) < 4.78 is 22.1. The van der Waals surface area contributed by atoms with Crippen LogP contribution in [0.3, 0.4) is 0 Å². The lowest BCUT2D eigenvalue weighted by molar-refractivity contribution is 0.0828. The summed E-state index contributed by atoms with van der Waals surface area (Å²) in [5, 5.41) is 0.883. The maximum absolute atomic E-state index is 14.6. The smallest absolute Gasteiger partial charge is 0.255 e. The highest BCUT2D eigenvalue weighted by Crippen LogP contribution is 2.39. The summed E-state index contributed by atoms with van der Waals surface area (Å²) in [6.07, 6.45) is 3.67. The molecule has 0 aliphatic heterocycles. The summed E-state index contributed by atoms with van der Waals surface area (Å²) in [7, 11) is 6.34. The number of nitrogens with two attached hydrogens (primary N) is 1. The number of rotatable bonds is 5.